The summed E-state index contributed by atoms with van der Waals surface area (Å²) in [5, 5.41) is 9.98. The zero-order valence-corrected chi connectivity index (χ0v) is 12.4. The van der Waals surface area contributed by atoms with E-state index < -0.39 is 29.6 Å². The predicted molar refractivity (Wildman–Crippen MR) is 73.3 cm³/mol. The lowest BCUT2D eigenvalue weighted by molar-refractivity contribution is -0.192. The van der Waals surface area contributed by atoms with Crippen molar-refractivity contribution >= 4 is 5.97 Å². The smallest absolute Gasteiger partial charge is 0.475 e. The first-order chi connectivity index (χ1) is 11.3. The molecule has 1 aromatic rings. The van der Waals surface area contributed by atoms with Crippen LogP contribution >= 0.6 is 0 Å². The first-order valence-corrected chi connectivity index (χ1v) is 6.74. The van der Waals surface area contributed by atoms with Crippen LogP contribution in [0.25, 0.3) is 0 Å². The van der Waals surface area contributed by atoms with Gasteiger partial charge < -0.3 is 10.4 Å². The molecule has 1 aliphatic heterocycles. The Morgan fingerprint density at radius 3 is 2.00 bits per heavy atom. The molecule has 25 heavy (non-hydrogen) atoms. The third-order valence-electron chi connectivity index (χ3n) is 2.99. The molecule has 0 bridgehead atoms. The maximum Gasteiger partial charge on any atom is 0.490 e. The Labute approximate surface area is 137 Å². The highest BCUT2D eigenvalue weighted by molar-refractivity contribution is 5.73. The van der Waals surface area contributed by atoms with Crippen molar-refractivity contribution in [3.05, 3.63) is 35.4 Å². The number of benzene rings is 1. The molecule has 1 fully saturated rings. The van der Waals surface area contributed by atoms with Gasteiger partial charge in [0.25, 0.3) is 0 Å². The van der Waals surface area contributed by atoms with Crippen molar-refractivity contribution in [2.75, 3.05) is 13.1 Å². The van der Waals surface area contributed by atoms with Crippen LogP contribution in [0.3, 0.4) is 0 Å². The SMILES string of the molecule is FC1(C#Cc2ccc(C(F)(F)F)cc2)CCNC1.O=C(O)C(F)(F)F. The van der Waals surface area contributed by atoms with Crippen molar-refractivity contribution in [2.24, 2.45) is 0 Å². The van der Waals surface area contributed by atoms with Crippen molar-refractivity contribution in [3.8, 4) is 11.8 Å². The van der Waals surface area contributed by atoms with Gasteiger partial charge >= 0.3 is 18.3 Å². The van der Waals surface area contributed by atoms with E-state index in [1.807, 2.05) is 0 Å². The molecule has 0 aliphatic carbocycles. The van der Waals surface area contributed by atoms with Gasteiger partial charge in [-0.15, -0.1) is 0 Å². The standard InChI is InChI=1S/C13H11F4N.C2HF3O2/c14-12(7-8-18-9-12)6-5-10-1-3-11(4-2-10)13(15,16)17;3-2(4,5)1(6)7/h1-4,18H,7-9H2;(H,6,7). The fraction of sp³-hybridized carbons (Fsp3) is 0.400. The number of carboxylic acid groups (broad SMARTS) is 1. The molecule has 1 aromatic carbocycles. The first-order valence-electron chi connectivity index (χ1n) is 6.74. The second-order valence-electron chi connectivity index (χ2n) is 5.02. The maximum atomic E-state index is 13.9. The van der Waals surface area contributed by atoms with Crippen molar-refractivity contribution in [1.29, 1.82) is 0 Å². The number of nitrogens with one attached hydrogen (secondary N) is 1. The van der Waals surface area contributed by atoms with Gasteiger partial charge in [-0.05, 0) is 30.8 Å². The largest absolute Gasteiger partial charge is 0.490 e. The molecule has 1 atom stereocenters. The van der Waals surface area contributed by atoms with Crippen LogP contribution in [-0.4, -0.2) is 36.0 Å². The van der Waals surface area contributed by atoms with Crippen molar-refractivity contribution in [2.45, 2.75) is 24.4 Å². The van der Waals surface area contributed by atoms with E-state index in [0.717, 1.165) is 12.1 Å². The van der Waals surface area contributed by atoms with Crippen LogP contribution in [-0.2, 0) is 11.0 Å². The molecule has 0 spiro atoms. The summed E-state index contributed by atoms with van der Waals surface area (Å²) < 4.78 is 82.5. The molecule has 2 N–H and O–H groups in total. The van der Waals surface area contributed by atoms with Crippen molar-refractivity contribution < 1.29 is 40.6 Å². The third kappa shape index (κ3) is 7.01. The van der Waals surface area contributed by atoms with Gasteiger partial charge in [-0.1, -0.05) is 11.8 Å². The molecule has 0 radical (unpaired) electrons. The average Bonchev–Trinajstić information content (AvgIpc) is 2.92. The second kappa shape index (κ2) is 7.74. The van der Waals surface area contributed by atoms with Crippen LogP contribution in [0.15, 0.2) is 24.3 Å². The number of hydrogen-bond donors (Lipinski definition) is 2. The summed E-state index contributed by atoms with van der Waals surface area (Å²) in [6, 6.07) is 4.40. The summed E-state index contributed by atoms with van der Waals surface area (Å²) in [4.78, 5) is 8.90. The van der Waals surface area contributed by atoms with Crippen molar-refractivity contribution in [1.82, 2.24) is 5.32 Å². The van der Waals surface area contributed by atoms with Gasteiger partial charge in [0.05, 0.1) is 5.56 Å². The summed E-state index contributed by atoms with van der Waals surface area (Å²) in [6.07, 6.45) is -9.14. The van der Waals surface area contributed by atoms with Crippen LogP contribution in [0.2, 0.25) is 0 Å². The summed E-state index contributed by atoms with van der Waals surface area (Å²) >= 11 is 0. The quantitative estimate of drug-likeness (QED) is 0.543. The van der Waals surface area contributed by atoms with Gasteiger partial charge in [0.1, 0.15) is 0 Å². The van der Waals surface area contributed by atoms with Crippen molar-refractivity contribution in [3.63, 3.8) is 0 Å². The lowest BCUT2D eigenvalue weighted by Crippen LogP contribution is -2.23. The highest BCUT2D eigenvalue weighted by Gasteiger charge is 2.38. The van der Waals surface area contributed by atoms with E-state index in [0.29, 0.717) is 18.5 Å². The Hall–Kier alpha value is -2.28. The van der Waals surface area contributed by atoms with E-state index in [4.69, 9.17) is 9.90 Å². The van der Waals surface area contributed by atoms with Crippen LogP contribution in [0.4, 0.5) is 30.7 Å². The Bertz CT molecular complexity index is 648. The Kier molecular flexibility index (Phi) is 6.42. The van der Waals surface area contributed by atoms with Gasteiger partial charge in [-0.2, -0.15) is 26.3 Å². The zero-order valence-electron chi connectivity index (χ0n) is 12.4. The summed E-state index contributed by atoms with van der Waals surface area (Å²) in [7, 11) is 0. The first kappa shape index (κ1) is 20.8. The molecule has 10 heteroatoms. The topological polar surface area (TPSA) is 49.3 Å². The fourth-order valence-corrected chi connectivity index (χ4v) is 1.69. The van der Waals surface area contributed by atoms with E-state index in [1.165, 1.54) is 12.1 Å². The summed E-state index contributed by atoms with van der Waals surface area (Å²) in [5.41, 5.74) is -1.92. The summed E-state index contributed by atoms with van der Waals surface area (Å²) in [6.45, 7) is 0.735. The maximum absolute atomic E-state index is 13.9. The molecule has 1 heterocycles. The van der Waals surface area contributed by atoms with Crippen LogP contribution in [0.5, 0.6) is 0 Å². The molecule has 0 amide bonds. The Balaban J connectivity index is 0.000000381. The lowest BCUT2D eigenvalue weighted by Gasteiger charge is -2.08. The summed E-state index contributed by atoms with van der Waals surface area (Å²) in [5.74, 6) is 2.29. The van der Waals surface area contributed by atoms with Crippen LogP contribution in [0.1, 0.15) is 17.5 Å². The minimum Gasteiger partial charge on any atom is -0.475 e. The Morgan fingerprint density at radius 1 is 1.12 bits per heavy atom. The number of halogens is 7. The number of rotatable bonds is 0. The fourth-order valence-electron chi connectivity index (χ4n) is 1.69. The normalized spacial score (nSPS) is 20.1. The van der Waals surface area contributed by atoms with Gasteiger partial charge in [0.15, 0.2) is 5.67 Å². The molecule has 1 unspecified atom stereocenters. The number of alkyl halides is 7. The van der Waals surface area contributed by atoms with E-state index >= 15 is 0 Å². The number of carbonyl (C=O) groups is 1. The average molecular weight is 371 g/mol. The Morgan fingerprint density at radius 2 is 1.64 bits per heavy atom. The third-order valence-corrected chi connectivity index (χ3v) is 2.99. The molecule has 0 aromatic heterocycles. The monoisotopic (exact) mass is 371 g/mol. The van der Waals surface area contributed by atoms with Crippen LogP contribution in [0, 0.1) is 11.8 Å². The van der Waals surface area contributed by atoms with Gasteiger partial charge in [-0.3, -0.25) is 0 Å². The van der Waals surface area contributed by atoms with E-state index in [1.54, 1.807) is 0 Å². The second-order valence-corrected chi connectivity index (χ2v) is 5.02. The molecular formula is C15H12F7NO2. The lowest BCUT2D eigenvalue weighted by atomic mass is 10.1. The number of hydrogen-bond acceptors (Lipinski definition) is 2. The number of carboxylic acids is 1. The molecule has 2 rings (SSSR count). The molecule has 1 saturated heterocycles. The van der Waals surface area contributed by atoms with Gasteiger partial charge in [0.2, 0.25) is 0 Å². The minimum atomic E-state index is -5.08. The van der Waals surface area contributed by atoms with Crippen LogP contribution < -0.4 is 5.32 Å². The minimum absolute atomic E-state index is 0.167. The van der Waals surface area contributed by atoms with Gasteiger partial charge in [-0.25, -0.2) is 9.18 Å². The molecule has 3 nitrogen and oxygen atoms in total. The molecule has 0 saturated carbocycles. The van der Waals surface area contributed by atoms with E-state index in [-0.39, 0.29) is 6.54 Å². The molecule has 138 valence electrons. The zero-order chi connectivity index (χ0) is 19.3. The highest BCUT2D eigenvalue weighted by Crippen LogP contribution is 2.29. The highest BCUT2D eigenvalue weighted by atomic mass is 19.4. The predicted octanol–water partition coefficient (Wildman–Crippen LogP) is 3.39. The molecule has 1 aliphatic rings. The van der Waals surface area contributed by atoms with E-state index in [9.17, 15) is 30.7 Å². The van der Waals surface area contributed by atoms with Gasteiger partial charge in [0, 0.05) is 18.5 Å². The van der Waals surface area contributed by atoms with E-state index in [2.05, 4.69) is 17.2 Å². The number of aliphatic carboxylic acids is 1. The molecular weight excluding hydrogens is 359 g/mol.